The SMILES string of the molecule is O=[N+]([O-])c1cccc([C@@H](CO)NCc2ccc(Cl)cc2Cl)c1. The minimum atomic E-state index is -0.464. The zero-order valence-electron chi connectivity index (χ0n) is 11.5. The zero-order chi connectivity index (χ0) is 16.1. The van der Waals surface area contributed by atoms with Crippen molar-refractivity contribution >= 4 is 28.9 Å². The fraction of sp³-hybridized carbons (Fsp3) is 0.200. The van der Waals surface area contributed by atoms with Crippen molar-refractivity contribution in [2.75, 3.05) is 6.61 Å². The van der Waals surface area contributed by atoms with Crippen LogP contribution in [-0.4, -0.2) is 16.6 Å². The van der Waals surface area contributed by atoms with E-state index in [1.807, 2.05) is 0 Å². The van der Waals surface area contributed by atoms with Crippen molar-refractivity contribution in [1.82, 2.24) is 5.32 Å². The molecule has 0 heterocycles. The summed E-state index contributed by atoms with van der Waals surface area (Å²) in [5.41, 5.74) is 1.46. The molecule has 2 aromatic carbocycles. The highest BCUT2D eigenvalue weighted by molar-refractivity contribution is 6.35. The summed E-state index contributed by atoms with van der Waals surface area (Å²) in [5, 5.41) is 24.5. The number of benzene rings is 2. The summed E-state index contributed by atoms with van der Waals surface area (Å²) in [6.45, 7) is 0.219. The van der Waals surface area contributed by atoms with Gasteiger partial charge in [0.2, 0.25) is 0 Å². The molecule has 0 fully saturated rings. The summed E-state index contributed by atoms with van der Waals surface area (Å²) < 4.78 is 0. The van der Waals surface area contributed by atoms with E-state index in [1.165, 1.54) is 12.1 Å². The first-order chi connectivity index (χ1) is 10.5. The number of nitro groups is 1. The highest BCUT2D eigenvalue weighted by Gasteiger charge is 2.14. The number of aliphatic hydroxyl groups is 1. The smallest absolute Gasteiger partial charge is 0.269 e. The van der Waals surface area contributed by atoms with Crippen molar-refractivity contribution in [2.24, 2.45) is 0 Å². The van der Waals surface area contributed by atoms with Crippen LogP contribution in [0.3, 0.4) is 0 Å². The second kappa shape index (κ2) is 7.56. The molecule has 0 bridgehead atoms. The van der Waals surface area contributed by atoms with E-state index in [0.717, 1.165) is 5.56 Å². The van der Waals surface area contributed by atoms with Crippen molar-refractivity contribution < 1.29 is 10.0 Å². The Hall–Kier alpha value is -1.66. The lowest BCUT2D eigenvalue weighted by molar-refractivity contribution is -0.384. The summed E-state index contributed by atoms with van der Waals surface area (Å²) in [6.07, 6.45) is 0. The van der Waals surface area contributed by atoms with Crippen LogP contribution in [-0.2, 0) is 6.54 Å². The quantitative estimate of drug-likeness (QED) is 0.620. The Morgan fingerprint density at radius 2 is 2.00 bits per heavy atom. The lowest BCUT2D eigenvalue weighted by atomic mass is 10.1. The van der Waals surface area contributed by atoms with E-state index >= 15 is 0 Å². The molecule has 2 N–H and O–H groups in total. The van der Waals surface area contributed by atoms with Crippen LogP contribution in [0.25, 0.3) is 0 Å². The fourth-order valence-electron chi connectivity index (χ4n) is 2.04. The summed E-state index contributed by atoms with van der Waals surface area (Å²) in [7, 11) is 0. The first-order valence-corrected chi connectivity index (χ1v) is 7.29. The normalized spacial score (nSPS) is 12.1. The van der Waals surface area contributed by atoms with Crippen LogP contribution < -0.4 is 5.32 Å². The number of rotatable bonds is 6. The van der Waals surface area contributed by atoms with Crippen LogP contribution in [0.5, 0.6) is 0 Å². The van der Waals surface area contributed by atoms with Crippen molar-refractivity contribution in [3.05, 3.63) is 73.8 Å². The molecule has 0 spiro atoms. The van der Waals surface area contributed by atoms with E-state index in [9.17, 15) is 15.2 Å². The van der Waals surface area contributed by atoms with Crippen molar-refractivity contribution in [2.45, 2.75) is 12.6 Å². The van der Waals surface area contributed by atoms with Gasteiger partial charge in [0, 0.05) is 28.7 Å². The summed E-state index contributed by atoms with van der Waals surface area (Å²) in [5.74, 6) is 0. The van der Waals surface area contributed by atoms with Gasteiger partial charge in [0.05, 0.1) is 17.6 Å². The molecular weight excluding hydrogens is 327 g/mol. The molecule has 0 saturated carbocycles. The van der Waals surface area contributed by atoms with Gasteiger partial charge in [-0.05, 0) is 23.3 Å². The molecule has 0 saturated heterocycles. The average Bonchev–Trinajstić information content (AvgIpc) is 2.50. The van der Waals surface area contributed by atoms with Crippen LogP contribution in [0.15, 0.2) is 42.5 Å². The van der Waals surface area contributed by atoms with E-state index in [2.05, 4.69) is 5.32 Å². The third kappa shape index (κ3) is 4.18. The highest BCUT2D eigenvalue weighted by atomic mass is 35.5. The maximum atomic E-state index is 10.8. The molecule has 0 aliphatic heterocycles. The predicted molar refractivity (Wildman–Crippen MR) is 86.2 cm³/mol. The minimum absolute atomic E-state index is 0.0118. The number of hydrogen-bond acceptors (Lipinski definition) is 4. The first-order valence-electron chi connectivity index (χ1n) is 6.54. The number of non-ortho nitro benzene ring substituents is 1. The van der Waals surface area contributed by atoms with Gasteiger partial charge >= 0.3 is 0 Å². The maximum absolute atomic E-state index is 10.8. The monoisotopic (exact) mass is 340 g/mol. The third-order valence-corrected chi connectivity index (χ3v) is 3.81. The Bertz CT molecular complexity index is 680. The lowest BCUT2D eigenvalue weighted by Crippen LogP contribution is -2.24. The van der Waals surface area contributed by atoms with Gasteiger partial charge in [-0.1, -0.05) is 41.4 Å². The first kappa shape index (κ1) is 16.7. The predicted octanol–water partition coefficient (Wildman–Crippen LogP) is 3.72. The molecule has 0 aliphatic rings. The van der Waals surface area contributed by atoms with Gasteiger partial charge in [0.25, 0.3) is 5.69 Å². The van der Waals surface area contributed by atoms with Crippen LogP contribution in [0.2, 0.25) is 10.0 Å². The van der Waals surface area contributed by atoms with Gasteiger partial charge in [-0.25, -0.2) is 0 Å². The number of nitrogens with one attached hydrogen (secondary N) is 1. The number of aliphatic hydroxyl groups excluding tert-OH is 1. The Morgan fingerprint density at radius 3 is 2.64 bits per heavy atom. The second-order valence-electron chi connectivity index (χ2n) is 4.70. The summed E-state index contributed by atoms with van der Waals surface area (Å²) >= 11 is 11.9. The van der Waals surface area contributed by atoms with Gasteiger partial charge in [0.15, 0.2) is 0 Å². The molecule has 0 aromatic heterocycles. The van der Waals surface area contributed by atoms with E-state index in [0.29, 0.717) is 22.2 Å². The van der Waals surface area contributed by atoms with Crippen LogP contribution >= 0.6 is 23.2 Å². The summed E-state index contributed by atoms with van der Waals surface area (Å²) in [4.78, 5) is 10.3. The number of hydrogen-bond donors (Lipinski definition) is 2. The van der Waals surface area contributed by atoms with Gasteiger partial charge in [0.1, 0.15) is 0 Å². The molecule has 0 radical (unpaired) electrons. The van der Waals surface area contributed by atoms with E-state index in [-0.39, 0.29) is 12.3 Å². The fourth-order valence-corrected chi connectivity index (χ4v) is 2.52. The van der Waals surface area contributed by atoms with E-state index < -0.39 is 11.0 Å². The Kier molecular flexibility index (Phi) is 5.74. The van der Waals surface area contributed by atoms with Crippen LogP contribution in [0.4, 0.5) is 5.69 Å². The molecule has 7 heteroatoms. The van der Waals surface area contributed by atoms with Gasteiger partial charge < -0.3 is 10.4 Å². The van der Waals surface area contributed by atoms with E-state index in [1.54, 1.807) is 30.3 Å². The van der Waals surface area contributed by atoms with Crippen molar-refractivity contribution in [3.8, 4) is 0 Å². The molecule has 0 unspecified atom stereocenters. The highest BCUT2D eigenvalue weighted by Crippen LogP contribution is 2.23. The Morgan fingerprint density at radius 1 is 1.23 bits per heavy atom. The molecule has 0 amide bonds. The minimum Gasteiger partial charge on any atom is -0.394 e. The maximum Gasteiger partial charge on any atom is 0.269 e. The number of nitrogens with zero attached hydrogens (tertiary/aromatic N) is 1. The van der Waals surface area contributed by atoms with E-state index in [4.69, 9.17) is 23.2 Å². The molecule has 1 atom stereocenters. The van der Waals surface area contributed by atoms with Crippen molar-refractivity contribution in [3.63, 3.8) is 0 Å². The second-order valence-corrected chi connectivity index (χ2v) is 5.55. The van der Waals surface area contributed by atoms with Crippen LogP contribution in [0, 0.1) is 10.1 Å². The molecule has 116 valence electrons. The van der Waals surface area contributed by atoms with Gasteiger partial charge in [-0.15, -0.1) is 0 Å². The molecule has 2 aromatic rings. The topological polar surface area (TPSA) is 75.4 Å². The molecule has 5 nitrogen and oxygen atoms in total. The zero-order valence-corrected chi connectivity index (χ0v) is 13.0. The molecule has 2 rings (SSSR count). The molecule has 22 heavy (non-hydrogen) atoms. The van der Waals surface area contributed by atoms with Crippen LogP contribution in [0.1, 0.15) is 17.2 Å². The largest absolute Gasteiger partial charge is 0.394 e. The number of nitro benzene ring substituents is 1. The van der Waals surface area contributed by atoms with Gasteiger partial charge in [-0.2, -0.15) is 0 Å². The standard InChI is InChI=1S/C15H14Cl2N2O3/c16-12-5-4-11(14(17)7-12)8-18-15(9-20)10-2-1-3-13(6-10)19(21)22/h1-7,15,18,20H,8-9H2/t15-/m1/s1. The number of halogens is 2. The molecule has 0 aliphatic carbocycles. The molecular formula is C15H14Cl2N2O3. The Labute approximate surface area is 137 Å². The lowest BCUT2D eigenvalue weighted by Gasteiger charge is -2.17. The third-order valence-electron chi connectivity index (χ3n) is 3.22. The Balaban J connectivity index is 2.12. The average molecular weight is 341 g/mol. The van der Waals surface area contributed by atoms with Crippen molar-refractivity contribution in [1.29, 1.82) is 0 Å². The summed E-state index contributed by atoms with van der Waals surface area (Å²) in [6, 6.07) is 10.9. The van der Waals surface area contributed by atoms with Gasteiger partial charge in [-0.3, -0.25) is 10.1 Å².